The van der Waals surface area contributed by atoms with Gasteiger partial charge in [-0.25, -0.2) is 4.39 Å². The van der Waals surface area contributed by atoms with Crippen LogP contribution in [0.2, 0.25) is 0 Å². The summed E-state index contributed by atoms with van der Waals surface area (Å²) < 4.78 is 19.5. The van der Waals surface area contributed by atoms with Gasteiger partial charge in [0.25, 0.3) is 0 Å². The van der Waals surface area contributed by atoms with Gasteiger partial charge < -0.3 is 10.1 Å². The Morgan fingerprint density at radius 3 is 2.50 bits per heavy atom. The molecule has 4 rings (SSSR count). The molecule has 0 atom stereocenters. The molecule has 0 fully saturated rings. The smallest absolute Gasteiger partial charge is 0.447 e. The third kappa shape index (κ3) is 7.94. The van der Waals surface area contributed by atoms with Gasteiger partial charge in [-0.15, -0.1) is 5.10 Å². The minimum Gasteiger partial charge on any atom is -0.494 e. The van der Waals surface area contributed by atoms with Crippen LogP contribution >= 0.6 is 11.3 Å². The van der Waals surface area contributed by atoms with E-state index in [9.17, 15) is 14.1 Å². The summed E-state index contributed by atoms with van der Waals surface area (Å²) in [6.45, 7) is 0.155. The van der Waals surface area contributed by atoms with E-state index in [1.165, 1.54) is 24.5 Å². The number of carbonyl (C=O) groups is 1. The number of hydrogen-bond acceptors (Lipinski definition) is 8. The molecule has 2 aromatic carbocycles. The van der Waals surface area contributed by atoms with E-state index in [0.29, 0.717) is 29.4 Å². The molecule has 2 aromatic heterocycles. The summed E-state index contributed by atoms with van der Waals surface area (Å²) in [5.74, 6) is 0.0121. The van der Waals surface area contributed by atoms with Crippen LogP contribution < -0.4 is 10.1 Å². The number of hydrogen-bond donors (Lipinski definition) is 1. The molecular formula is C27H28FN6O3S+. The van der Waals surface area contributed by atoms with Gasteiger partial charge in [0.15, 0.2) is 17.4 Å². The van der Waals surface area contributed by atoms with Crippen molar-refractivity contribution < 1.29 is 18.7 Å². The molecular weight excluding hydrogens is 507 g/mol. The average Bonchev–Trinajstić information content (AvgIpc) is 3.40. The molecule has 9 nitrogen and oxygen atoms in total. The van der Waals surface area contributed by atoms with E-state index in [4.69, 9.17) is 4.74 Å². The monoisotopic (exact) mass is 535 g/mol. The second-order valence-corrected chi connectivity index (χ2v) is 9.67. The van der Waals surface area contributed by atoms with Crippen LogP contribution in [-0.2, 0) is 30.5 Å². The molecule has 1 amide bonds. The SMILES string of the molecule is COc1ccc(CC[N+](=O)c2nnc(CCCCc3ccc(NC(=O)Cc4ccccc4)nn3)s2)cc1F. The minimum atomic E-state index is -0.451. The van der Waals surface area contributed by atoms with Gasteiger partial charge in [0.05, 0.1) is 24.3 Å². The highest BCUT2D eigenvalue weighted by Crippen LogP contribution is 2.22. The van der Waals surface area contributed by atoms with E-state index >= 15 is 0 Å². The zero-order chi connectivity index (χ0) is 26.7. The normalized spacial score (nSPS) is 10.8. The van der Waals surface area contributed by atoms with Crippen molar-refractivity contribution in [2.75, 3.05) is 19.0 Å². The predicted octanol–water partition coefficient (Wildman–Crippen LogP) is 4.88. The van der Waals surface area contributed by atoms with Gasteiger partial charge in [-0.2, -0.15) is 5.10 Å². The van der Waals surface area contributed by atoms with Crippen molar-refractivity contribution in [3.05, 3.63) is 93.2 Å². The molecule has 38 heavy (non-hydrogen) atoms. The molecule has 2 heterocycles. The number of benzene rings is 2. The Bertz CT molecular complexity index is 1370. The highest BCUT2D eigenvalue weighted by Gasteiger charge is 2.20. The number of ether oxygens (including phenoxy) is 1. The fourth-order valence-electron chi connectivity index (χ4n) is 3.75. The number of aromatic nitrogens is 4. The first kappa shape index (κ1) is 26.9. The largest absolute Gasteiger partial charge is 0.494 e. The minimum absolute atomic E-state index is 0.138. The summed E-state index contributed by atoms with van der Waals surface area (Å²) in [6.07, 6.45) is 3.84. The number of nitrogens with zero attached hydrogens (tertiary/aromatic N) is 5. The molecule has 0 aliphatic carbocycles. The van der Waals surface area contributed by atoms with E-state index in [0.717, 1.165) is 40.3 Å². The van der Waals surface area contributed by atoms with Crippen LogP contribution in [0.4, 0.5) is 15.3 Å². The lowest BCUT2D eigenvalue weighted by molar-refractivity contribution is -0.462. The first-order valence-electron chi connectivity index (χ1n) is 12.3. The van der Waals surface area contributed by atoms with Crippen molar-refractivity contribution in [2.45, 2.75) is 38.5 Å². The Kier molecular flexibility index (Phi) is 9.52. The summed E-state index contributed by atoms with van der Waals surface area (Å²) in [7, 11) is 1.41. The van der Waals surface area contributed by atoms with E-state index in [1.54, 1.807) is 18.2 Å². The lowest BCUT2D eigenvalue weighted by Crippen LogP contribution is -2.15. The van der Waals surface area contributed by atoms with Crippen LogP contribution in [0.15, 0.2) is 60.7 Å². The molecule has 0 saturated carbocycles. The van der Waals surface area contributed by atoms with Gasteiger partial charge in [0.1, 0.15) is 11.6 Å². The lowest BCUT2D eigenvalue weighted by atomic mass is 10.1. The maximum absolute atomic E-state index is 13.8. The highest BCUT2D eigenvalue weighted by molar-refractivity contribution is 7.14. The van der Waals surface area contributed by atoms with Gasteiger partial charge in [-0.3, -0.25) is 4.79 Å². The van der Waals surface area contributed by atoms with Crippen molar-refractivity contribution in [3.8, 4) is 5.75 Å². The summed E-state index contributed by atoms with van der Waals surface area (Å²) in [5.41, 5.74) is 2.48. The maximum Gasteiger partial charge on any atom is 0.447 e. The fourth-order valence-corrected chi connectivity index (χ4v) is 4.56. The van der Waals surface area contributed by atoms with E-state index in [1.807, 2.05) is 36.4 Å². The summed E-state index contributed by atoms with van der Waals surface area (Å²) in [4.78, 5) is 24.6. The fraction of sp³-hybridized carbons (Fsp3) is 0.296. The van der Waals surface area contributed by atoms with Gasteiger partial charge in [0.2, 0.25) is 5.91 Å². The summed E-state index contributed by atoms with van der Waals surface area (Å²) >= 11 is 1.27. The Balaban J connectivity index is 1.16. The molecule has 0 saturated heterocycles. The molecule has 4 aromatic rings. The molecule has 196 valence electrons. The first-order valence-corrected chi connectivity index (χ1v) is 13.1. The third-order valence-corrected chi connectivity index (χ3v) is 6.75. The summed E-state index contributed by atoms with van der Waals surface area (Å²) in [5, 5.41) is 20.3. The van der Waals surface area contributed by atoms with E-state index in [2.05, 4.69) is 25.7 Å². The van der Waals surface area contributed by atoms with Crippen molar-refractivity contribution in [2.24, 2.45) is 0 Å². The Labute approximate surface area is 223 Å². The zero-order valence-electron chi connectivity index (χ0n) is 21.0. The van der Waals surface area contributed by atoms with Gasteiger partial charge >= 0.3 is 5.13 Å². The molecule has 0 aliphatic rings. The maximum atomic E-state index is 13.8. The van der Waals surface area contributed by atoms with Gasteiger partial charge in [0, 0.05) is 12.8 Å². The molecule has 0 unspecified atom stereocenters. The molecule has 0 radical (unpaired) electrons. The Morgan fingerprint density at radius 2 is 1.76 bits per heavy atom. The van der Waals surface area contributed by atoms with Crippen molar-refractivity contribution in [1.29, 1.82) is 0 Å². The van der Waals surface area contributed by atoms with Crippen molar-refractivity contribution in [1.82, 2.24) is 20.4 Å². The highest BCUT2D eigenvalue weighted by atomic mass is 32.1. The lowest BCUT2D eigenvalue weighted by Gasteiger charge is -2.05. The molecule has 0 bridgehead atoms. The van der Waals surface area contributed by atoms with E-state index in [-0.39, 0.29) is 24.6 Å². The number of anilines is 1. The Hall–Kier alpha value is -4.12. The topological polar surface area (TPSA) is 110 Å². The van der Waals surface area contributed by atoms with Crippen molar-refractivity contribution >= 4 is 28.2 Å². The van der Waals surface area contributed by atoms with Crippen LogP contribution in [0.3, 0.4) is 0 Å². The van der Waals surface area contributed by atoms with Gasteiger partial charge in [-0.1, -0.05) is 41.3 Å². The predicted molar refractivity (Wildman–Crippen MR) is 142 cm³/mol. The van der Waals surface area contributed by atoms with Crippen LogP contribution in [0.25, 0.3) is 0 Å². The van der Waals surface area contributed by atoms with Crippen LogP contribution in [-0.4, -0.2) is 44.7 Å². The number of unbranched alkanes of at least 4 members (excludes halogenated alkanes) is 1. The standard InChI is InChI=1S/C27H27FN6O3S/c1-37-23-13-11-20(17-22(23)28)15-16-34(36)27-33-32-26(38-27)10-6-5-9-21-12-14-24(31-30-21)29-25(35)18-19-7-3-2-4-8-19/h2-4,7-8,11-14,17H,5-6,9-10,15-16,18H2,1H3/p+1. The second-order valence-electron chi connectivity index (χ2n) is 8.63. The molecule has 0 spiro atoms. The Morgan fingerprint density at radius 1 is 0.947 bits per heavy atom. The van der Waals surface area contributed by atoms with Crippen LogP contribution in [0.1, 0.15) is 34.7 Å². The zero-order valence-corrected chi connectivity index (χ0v) is 21.8. The molecule has 1 N–H and O–H groups in total. The number of halogens is 1. The quantitative estimate of drug-likeness (QED) is 0.192. The number of rotatable bonds is 13. The van der Waals surface area contributed by atoms with Crippen LogP contribution in [0.5, 0.6) is 5.75 Å². The molecule has 11 heteroatoms. The van der Waals surface area contributed by atoms with Crippen LogP contribution in [0, 0.1) is 10.7 Å². The number of carbonyl (C=O) groups excluding carboxylic acids is 1. The first-order chi connectivity index (χ1) is 18.5. The van der Waals surface area contributed by atoms with E-state index < -0.39 is 5.82 Å². The number of nitroso groups, excluding NO2 is 1. The second kappa shape index (κ2) is 13.4. The van der Waals surface area contributed by atoms with Crippen molar-refractivity contribution in [3.63, 3.8) is 0 Å². The number of nitrogens with one attached hydrogen (secondary N) is 1. The number of amides is 1. The number of aryl methyl sites for hydroxylation is 2. The summed E-state index contributed by atoms with van der Waals surface area (Å²) in [6, 6.07) is 17.8. The van der Waals surface area contributed by atoms with Gasteiger partial charge in [-0.05, 0) is 75.9 Å². The average molecular weight is 536 g/mol. The number of methoxy groups -OCH3 is 1. The third-order valence-electron chi connectivity index (χ3n) is 5.76. The molecule has 0 aliphatic heterocycles.